The van der Waals surface area contributed by atoms with Gasteiger partial charge < -0.3 is 20.2 Å². The molecule has 0 aliphatic heterocycles. The van der Waals surface area contributed by atoms with E-state index < -0.39 is 11.9 Å². The molecule has 0 aliphatic rings. The summed E-state index contributed by atoms with van der Waals surface area (Å²) in [4.78, 5) is 32.5. The van der Waals surface area contributed by atoms with Gasteiger partial charge in [-0.1, -0.05) is 17.7 Å². The summed E-state index contributed by atoms with van der Waals surface area (Å²) in [6.07, 6.45) is 0. The molecular formula is C20H16ClN3O4S. The SMILES string of the molecule is CCOC(=O)c1sc2cccc(Cl)c2c1-c1nc2ccc(C(N)=O)c(OC)c2[nH]1. The van der Waals surface area contributed by atoms with E-state index in [9.17, 15) is 9.59 Å². The lowest BCUT2D eigenvalue weighted by Gasteiger charge is -2.05. The largest absolute Gasteiger partial charge is 0.494 e. The van der Waals surface area contributed by atoms with Gasteiger partial charge in [-0.3, -0.25) is 4.79 Å². The van der Waals surface area contributed by atoms with Gasteiger partial charge in [-0.25, -0.2) is 9.78 Å². The maximum absolute atomic E-state index is 12.6. The third-order valence-corrected chi connectivity index (χ3v) is 5.89. The van der Waals surface area contributed by atoms with Gasteiger partial charge in [0.25, 0.3) is 5.91 Å². The maximum atomic E-state index is 12.6. The summed E-state index contributed by atoms with van der Waals surface area (Å²) >= 11 is 7.74. The van der Waals surface area contributed by atoms with Crippen LogP contribution in [0.25, 0.3) is 32.5 Å². The topological polar surface area (TPSA) is 107 Å². The third kappa shape index (κ3) is 3.10. The predicted molar refractivity (Wildman–Crippen MR) is 113 cm³/mol. The van der Waals surface area contributed by atoms with Crippen molar-refractivity contribution in [3.8, 4) is 17.1 Å². The lowest BCUT2D eigenvalue weighted by Crippen LogP contribution is -2.12. The molecule has 0 fully saturated rings. The van der Waals surface area contributed by atoms with Gasteiger partial charge in [0.2, 0.25) is 0 Å². The summed E-state index contributed by atoms with van der Waals surface area (Å²) in [7, 11) is 1.45. The zero-order valence-electron chi connectivity index (χ0n) is 15.5. The second-order valence-corrected chi connectivity index (χ2v) is 7.59. The van der Waals surface area contributed by atoms with Crippen LogP contribution in [0.15, 0.2) is 30.3 Å². The standard InChI is InChI=1S/C20H16ClN3O4S/c1-3-28-20(26)17-14(13-10(21)5-4-6-12(13)29-17)19-23-11-8-7-9(18(22)25)16(27-2)15(11)24-19/h4-8H,3H2,1-2H3,(H2,22,25)(H,23,24). The minimum absolute atomic E-state index is 0.231. The van der Waals surface area contributed by atoms with Crippen molar-refractivity contribution >= 4 is 55.9 Å². The Morgan fingerprint density at radius 1 is 1.28 bits per heavy atom. The Balaban J connectivity index is 2.04. The number of benzene rings is 2. The highest BCUT2D eigenvalue weighted by Crippen LogP contribution is 2.43. The number of nitrogens with zero attached hydrogens (tertiary/aromatic N) is 1. The molecule has 0 bridgehead atoms. The Kier molecular flexibility index (Phi) is 4.89. The van der Waals surface area contributed by atoms with Gasteiger partial charge in [0.05, 0.1) is 35.4 Å². The number of fused-ring (bicyclic) bond motifs is 2. The molecule has 9 heteroatoms. The first-order chi connectivity index (χ1) is 14.0. The number of carbonyl (C=O) groups excluding carboxylic acids is 2. The predicted octanol–water partition coefficient (Wildman–Crippen LogP) is 4.38. The van der Waals surface area contributed by atoms with Crippen molar-refractivity contribution in [1.82, 2.24) is 9.97 Å². The summed E-state index contributed by atoms with van der Waals surface area (Å²) in [6, 6.07) is 8.67. The maximum Gasteiger partial charge on any atom is 0.349 e. The fourth-order valence-electron chi connectivity index (χ4n) is 3.25. The Morgan fingerprint density at radius 3 is 2.76 bits per heavy atom. The van der Waals surface area contributed by atoms with Gasteiger partial charge in [0, 0.05) is 10.1 Å². The lowest BCUT2D eigenvalue weighted by molar-refractivity contribution is 0.0532. The number of nitrogens with two attached hydrogens (primary N) is 1. The molecule has 0 saturated heterocycles. The van der Waals surface area contributed by atoms with Crippen molar-refractivity contribution in [1.29, 1.82) is 0 Å². The molecule has 148 valence electrons. The van der Waals surface area contributed by atoms with Crippen LogP contribution in [0.2, 0.25) is 5.02 Å². The highest BCUT2D eigenvalue weighted by Gasteiger charge is 2.25. The minimum atomic E-state index is -0.615. The smallest absolute Gasteiger partial charge is 0.349 e. The molecule has 7 nitrogen and oxygen atoms in total. The fraction of sp³-hybridized carbons (Fsp3) is 0.150. The zero-order valence-corrected chi connectivity index (χ0v) is 17.1. The Morgan fingerprint density at radius 2 is 2.07 bits per heavy atom. The zero-order chi connectivity index (χ0) is 20.7. The summed E-state index contributed by atoms with van der Waals surface area (Å²) < 4.78 is 11.5. The summed E-state index contributed by atoms with van der Waals surface area (Å²) in [5, 5.41) is 1.20. The van der Waals surface area contributed by atoms with Crippen LogP contribution in [-0.2, 0) is 4.74 Å². The van der Waals surface area contributed by atoms with Gasteiger partial charge >= 0.3 is 5.97 Å². The van der Waals surface area contributed by atoms with Crippen molar-refractivity contribution in [2.45, 2.75) is 6.92 Å². The number of methoxy groups -OCH3 is 1. The number of imidazole rings is 1. The van der Waals surface area contributed by atoms with Crippen molar-refractivity contribution in [2.24, 2.45) is 5.73 Å². The average molecular weight is 430 g/mol. The van der Waals surface area contributed by atoms with E-state index in [1.807, 2.05) is 12.1 Å². The average Bonchev–Trinajstić information content (AvgIpc) is 3.29. The molecule has 4 aromatic rings. The first-order valence-corrected chi connectivity index (χ1v) is 9.90. The van der Waals surface area contributed by atoms with Crippen LogP contribution in [0.4, 0.5) is 0 Å². The Labute approximate surface area is 174 Å². The molecule has 0 radical (unpaired) electrons. The fourth-order valence-corrected chi connectivity index (χ4v) is 4.70. The van der Waals surface area contributed by atoms with Gasteiger partial charge in [-0.05, 0) is 31.2 Å². The summed E-state index contributed by atoms with van der Waals surface area (Å²) in [6.45, 7) is 1.99. The van der Waals surface area contributed by atoms with Gasteiger partial charge in [0.1, 0.15) is 16.2 Å². The van der Waals surface area contributed by atoms with E-state index in [-0.39, 0.29) is 17.9 Å². The molecule has 4 rings (SSSR count). The lowest BCUT2D eigenvalue weighted by atomic mass is 10.1. The number of thiophene rings is 1. The van der Waals surface area contributed by atoms with Crippen LogP contribution >= 0.6 is 22.9 Å². The van der Waals surface area contributed by atoms with Crippen LogP contribution in [0, 0.1) is 0 Å². The van der Waals surface area contributed by atoms with Crippen molar-refractivity contribution in [2.75, 3.05) is 13.7 Å². The van der Waals surface area contributed by atoms with Crippen LogP contribution in [-0.4, -0.2) is 35.6 Å². The molecule has 2 heterocycles. The van der Waals surface area contributed by atoms with E-state index in [1.165, 1.54) is 18.4 Å². The van der Waals surface area contributed by atoms with E-state index in [0.29, 0.717) is 37.7 Å². The molecule has 0 spiro atoms. The highest BCUT2D eigenvalue weighted by atomic mass is 35.5. The van der Waals surface area contributed by atoms with E-state index in [1.54, 1.807) is 25.1 Å². The number of amides is 1. The van der Waals surface area contributed by atoms with Crippen molar-refractivity contribution in [3.63, 3.8) is 0 Å². The third-order valence-electron chi connectivity index (χ3n) is 4.44. The molecular weight excluding hydrogens is 414 g/mol. The van der Waals surface area contributed by atoms with Crippen LogP contribution in [0.1, 0.15) is 27.0 Å². The number of carbonyl (C=O) groups is 2. The molecule has 1 amide bonds. The highest BCUT2D eigenvalue weighted by molar-refractivity contribution is 7.21. The number of rotatable bonds is 5. The molecule has 29 heavy (non-hydrogen) atoms. The first kappa shape index (κ1) is 19.2. The second kappa shape index (κ2) is 7.38. The van der Waals surface area contributed by atoms with E-state index in [2.05, 4.69) is 9.97 Å². The number of halogens is 1. The van der Waals surface area contributed by atoms with E-state index in [0.717, 1.165) is 4.70 Å². The van der Waals surface area contributed by atoms with E-state index >= 15 is 0 Å². The number of H-pyrrole nitrogens is 1. The van der Waals surface area contributed by atoms with Gasteiger partial charge in [-0.15, -0.1) is 11.3 Å². The normalized spacial score (nSPS) is 11.1. The first-order valence-electron chi connectivity index (χ1n) is 8.71. The molecule has 2 aromatic carbocycles. The molecule has 0 unspecified atom stereocenters. The van der Waals surface area contributed by atoms with Crippen molar-refractivity contribution in [3.05, 3.63) is 45.8 Å². The number of ether oxygens (including phenoxy) is 2. The van der Waals surface area contributed by atoms with Crippen LogP contribution in [0.3, 0.4) is 0 Å². The van der Waals surface area contributed by atoms with E-state index in [4.69, 9.17) is 26.8 Å². The molecule has 3 N–H and O–H groups in total. The minimum Gasteiger partial charge on any atom is -0.494 e. The Hall–Kier alpha value is -3.10. The van der Waals surface area contributed by atoms with Crippen LogP contribution < -0.4 is 10.5 Å². The summed E-state index contributed by atoms with van der Waals surface area (Å²) in [5.41, 5.74) is 7.28. The number of esters is 1. The molecule has 0 aliphatic carbocycles. The monoisotopic (exact) mass is 429 g/mol. The Bertz CT molecular complexity index is 1280. The van der Waals surface area contributed by atoms with Gasteiger partial charge in [0.15, 0.2) is 5.75 Å². The molecule has 0 atom stereocenters. The number of nitrogens with one attached hydrogen (secondary N) is 1. The summed E-state index contributed by atoms with van der Waals surface area (Å²) in [5.74, 6) is -0.361. The number of hydrogen-bond donors (Lipinski definition) is 2. The molecule has 0 saturated carbocycles. The number of aromatic amines is 1. The van der Waals surface area contributed by atoms with Crippen molar-refractivity contribution < 1.29 is 19.1 Å². The molecule has 2 aromatic heterocycles. The second-order valence-electron chi connectivity index (χ2n) is 6.13. The quantitative estimate of drug-likeness (QED) is 0.457. The van der Waals surface area contributed by atoms with Gasteiger partial charge in [-0.2, -0.15) is 0 Å². The number of hydrogen-bond acceptors (Lipinski definition) is 6. The number of primary amides is 1. The van der Waals surface area contributed by atoms with Crippen LogP contribution in [0.5, 0.6) is 5.75 Å². The number of aromatic nitrogens is 2.